The molecule has 0 bridgehead atoms. The molecule has 0 aliphatic heterocycles. The summed E-state index contributed by atoms with van der Waals surface area (Å²) in [5.74, 6) is 0.700. The van der Waals surface area contributed by atoms with Gasteiger partial charge < -0.3 is 4.74 Å². The Morgan fingerprint density at radius 3 is 2.85 bits per heavy atom. The zero-order chi connectivity index (χ0) is 18.3. The average molecular weight is 411 g/mol. The van der Waals surface area contributed by atoms with Crippen molar-refractivity contribution in [3.63, 3.8) is 0 Å². The van der Waals surface area contributed by atoms with E-state index in [1.165, 1.54) is 23.5 Å². The quantitative estimate of drug-likeness (QED) is 0.534. The van der Waals surface area contributed by atoms with Crippen molar-refractivity contribution >= 4 is 59.3 Å². The maximum atomic E-state index is 12.7. The molecular formula is C15H11ClN4O4S2. The zero-order valence-corrected chi connectivity index (χ0v) is 15.7. The van der Waals surface area contributed by atoms with E-state index in [-0.39, 0.29) is 26.1 Å². The van der Waals surface area contributed by atoms with Crippen LogP contribution >= 0.6 is 22.9 Å². The molecule has 0 aliphatic carbocycles. The van der Waals surface area contributed by atoms with Crippen molar-refractivity contribution in [2.75, 3.05) is 11.3 Å². The van der Waals surface area contributed by atoms with Crippen molar-refractivity contribution in [1.82, 2.24) is 15.3 Å². The molecule has 0 saturated carbocycles. The number of ether oxygens (including phenoxy) is 1. The number of aromatic nitrogens is 3. The second-order valence-electron chi connectivity index (χ2n) is 5.19. The van der Waals surface area contributed by atoms with Crippen LogP contribution in [0.2, 0.25) is 5.02 Å². The first-order valence-electron chi connectivity index (χ1n) is 7.45. The molecule has 0 spiro atoms. The smallest absolute Gasteiger partial charge is 0.266 e. The topological polar surface area (TPSA) is 107 Å². The fraction of sp³-hybridized carbons (Fsp3) is 0.133. The standard InChI is InChI=1S/C15H11ClN4O4S2/c1-2-23-8-3-5-10-11(7-8)25-15(17-10)20-26(21,22)12-6-4-9(16)13-14(12)19-24-18-13/h3-7H,2H2,1H3,(H,17,20). The number of thiazole rings is 1. The van der Waals surface area contributed by atoms with Crippen LogP contribution in [0.25, 0.3) is 21.3 Å². The summed E-state index contributed by atoms with van der Waals surface area (Å²) in [6, 6.07) is 8.15. The van der Waals surface area contributed by atoms with Crippen LogP contribution in [0.3, 0.4) is 0 Å². The molecule has 2 aromatic heterocycles. The maximum Gasteiger partial charge on any atom is 0.266 e. The summed E-state index contributed by atoms with van der Waals surface area (Å²) in [7, 11) is -3.95. The average Bonchev–Trinajstić information content (AvgIpc) is 3.21. The predicted octanol–water partition coefficient (Wildman–Crippen LogP) is 3.69. The Morgan fingerprint density at radius 1 is 1.23 bits per heavy atom. The highest BCUT2D eigenvalue weighted by molar-refractivity contribution is 7.93. The van der Waals surface area contributed by atoms with Crippen molar-refractivity contribution in [3.05, 3.63) is 35.4 Å². The van der Waals surface area contributed by atoms with Crippen LogP contribution in [0.1, 0.15) is 6.92 Å². The number of fused-ring (bicyclic) bond motifs is 2. The largest absolute Gasteiger partial charge is 0.494 e. The molecule has 4 rings (SSSR count). The van der Waals surface area contributed by atoms with Gasteiger partial charge in [0.2, 0.25) is 0 Å². The summed E-state index contributed by atoms with van der Waals surface area (Å²) >= 11 is 7.18. The van der Waals surface area contributed by atoms with Crippen LogP contribution in [0.5, 0.6) is 5.75 Å². The summed E-state index contributed by atoms with van der Waals surface area (Å²) in [5, 5.41) is 7.75. The van der Waals surface area contributed by atoms with E-state index in [0.717, 1.165) is 4.70 Å². The molecule has 0 fully saturated rings. The minimum atomic E-state index is -3.95. The number of anilines is 1. The minimum Gasteiger partial charge on any atom is -0.494 e. The molecule has 1 N–H and O–H groups in total. The van der Waals surface area contributed by atoms with Crippen molar-refractivity contribution in [1.29, 1.82) is 0 Å². The molecule has 26 heavy (non-hydrogen) atoms. The summed E-state index contributed by atoms with van der Waals surface area (Å²) in [4.78, 5) is 4.21. The monoisotopic (exact) mass is 410 g/mol. The number of sulfonamides is 1. The van der Waals surface area contributed by atoms with Gasteiger partial charge in [-0.3, -0.25) is 4.72 Å². The third kappa shape index (κ3) is 2.96. The van der Waals surface area contributed by atoms with E-state index >= 15 is 0 Å². The van der Waals surface area contributed by atoms with Gasteiger partial charge in [-0.25, -0.2) is 18.0 Å². The van der Waals surface area contributed by atoms with Crippen LogP contribution in [-0.2, 0) is 10.0 Å². The summed E-state index contributed by atoms with van der Waals surface area (Å²) < 4.78 is 38.8. The van der Waals surface area contributed by atoms with Crippen molar-refractivity contribution < 1.29 is 17.8 Å². The van der Waals surface area contributed by atoms with E-state index < -0.39 is 10.0 Å². The van der Waals surface area contributed by atoms with Gasteiger partial charge in [-0.1, -0.05) is 22.9 Å². The molecule has 0 unspecified atom stereocenters. The Labute approximate surface area is 156 Å². The molecule has 4 aromatic rings. The highest BCUT2D eigenvalue weighted by Crippen LogP contribution is 2.32. The number of nitrogens with one attached hydrogen (secondary N) is 1. The molecule has 2 aromatic carbocycles. The van der Waals surface area contributed by atoms with Crippen molar-refractivity contribution in [2.24, 2.45) is 0 Å². The molecule has 134 valence electrons. The number of nitrogens with zero attached hydrogens (tertiary/aromatic N) is 3. The summed E-state index contributed by atoms with van der Waals surface area (Å²) in [5.41, 5.74) is 0.908. The van der Waals surface area contributed by atoms with Crippen molar-refractivity contribution in [3.8, 4) is 5.75 Å². The van der Waals surface area contributed by atoms with Gasteiger partial charge >= 0.3 is 0 Å². The highest BCUT2D eigenvalue weighted by Gasteiger charge is 2.23. The Morgan fingerprint density at radius 2 is 2.04 bits per heavy atom. The van der Waals surface area contributed by atoms with E-state index in [9.17, 15) is 8.42 Å². The van der Waals surface area contributed by atoms with Gasteiger partial charge in [0.25, 0.3) is 10.0 Å². The SMILES string of the molecule is CCOc1ccc2nc(NS(=O)(=O)c3ccc(Cl)c4nonc34)sc2c1. The van der Waals surface area contributed by atoms with Crippen LogP contribution in [0.15, 0.2) is 39.9 Å². The Hall–Kier alpha value is -2.43. The van der Waals surface area contributed by atoms with Crippen LogP contribution in [-0.4, -0.2) is 30.3 Å². The first-order chi connectivity index (χ1) is 12.5. The lowest BCUT2D eigenvalue weighted by atomic mass is 10.3. The second kappa shape index (κ2) is 6.38. The van der Waals surface area contributed by atoms with E-state index in [1.807, 2.05) is 13.0 Å². The Bertz CT molecular complexity index is 1220. The van der Waals surface area contributed by atoms with E-state index in [1.54, 1.807) is 12.1 Å². The molecule has 0 aliphatic rings. The van der Waals surface area contributed by atoms with Gasteiger partial charge in [-0.2, -0.15) is 0 Å². The third-order valence-electron chi connectivity index (χ3n) is 3.51. The Balaban J connectivity index is 1.72. The molecule has 8 nitrogen and oxygen atoms in total. The predicted molar refractivity (Wildman–Crippen MR) is 98.4 cm³/mol. The minimum absolute atomic E-state index is 0.0599. The van der Waals surface area contributed by atoms with E-state index in [2.05, 4.69) is 24.6 Å². The second-order valence-corrected chi connectivity index (χ2v) is 8.28. The first kappa shape index (κ1) is 17.0. The van der Waals surface area contributed by atoms with E-state index in [4.69, 9.17) is 16.3 Å². The molecule has 0 amide bonds. The summed E-state index contributed by atoms with van der Waals surface area (Å²) in [6.45, 7) is 2.43. The fourth-order valence-electron chi connectivity index (χ4n) is 2.41. The van der Waals surface area contributed by atoms with E-state index in [0.29, 0.717) is 17.9 Å². The lowest BCUT2D eigenvalue weighted by Gasteiger charge is -2.05. The third-order valence-corrected chi connectivity index (χ3v) is 6.25. The molecular weight excluding hydrogens is 400 g/mol. The van der Waals surface area contributed by atoms with Crippen LogP contribution in [0, 0.1) is 0 Å². The first-order valence-corrected chi connectivity index (χ1v) is 10.1. The van der Waals surface area contributed by atoms with Gasteiger partial charge in [-0.05, 0) is 47.6 Å². The molecule has 11 heteroatoms. The lowest BCUT2D eigenvalue weighted by Crippen LogP contribution is -2.13. The Kier molecular flexibility index (Phi) is 4.17. The fourth-order valence-corrected chi connectivity index (χ4v) is 4.86. The number of halogens is 1. The van der Waals surface area contributed by atoms with Gasteiger partial charge in [0.1, 0.15) is 10.6 Å². The van der Waals surface area contributed by atoms with Gasteiger partial charge in [0, 0.05) is 0 Å². The van der Waals surface area contributed by atoms with Gasteiger partial charge in [0.15, 0.2) is 16.2 Å². The molecule has 0 saturated heterocycles. The van der Waals surface area contributed by atoms with Gasteiger partial charge in [0.05, 0.1) is 21.8 Å². The van der Waals surface area contributed by atoms with Gasteiger partial charge in [-0.15, -0.1) is 0 Å². The number of hydrogen-bond acceptors (Lipinski definition) is 8. The molecule has 0 atom stereocenters. The maximum absolute atomic E-state index is 12.7. The highest BCUT2D eigenvalue weighted by atomic mass is 35.5. The van der Waals surface area contributed by atoms with Crippen molar-refractivity contribution in [2.45, 2.75) is 11.8 Å². The zero-order valence-electron chi connectivity index (χ0n) is 13.3. The van der Waals surface area contributed by atoms with Crippen LogP contribution in [0.4, 0.5) is 5.13 Å². The molecule has 0 radical (unpaired) electrons. The number of rotatable bonds is 5. The summed E-state index contributed by atoms with van der Waals surface area (Å²) in [6.07, 6.45) is 0. The lowest BCUT2D eigenvalue weighted by molar-refractivity contribution is 0.315. The normalized spacial score (nSPS) is 11.9. The van der Waals surface area contributed by atoms with Crippen LogP contribution < -0.4 is 9.46 Å². The number of benzene rings is 2. The number of hydrogen-bond donors (Lipinski definition) is 1. The molecule has 2 heterocycles.